The average Bonchev–Trinajstić information content (AvgIpc) is 3.28. The van der Waals surface area contributed by atoms with Crippen molar-refractivity contribution in [2.24, 2.45) is 4.99 Å². The summed E-state index contributed by atoms with van der Waals surface area (Å²) in [5.74, 6) is 1.96. The lowest BCUT2D eigenvalue weighted by atomic mass is 10.1. The first-order chi connectivity index (χ1) is 14.2. The maximum atomic E-state index is 9.44. The summed E-state index contributed by atoms with van der Waals surface area (Å²) in [7, 11) is 1.71. The molecule has 0 bridgehead atoms. The Morgan fingerprint density at radius 1 is 1.14 bits per heavy atom. The van der Waals surface area contributed by atoms with Gasteiger partial charge in [0.05, 0.1) is 19.7 Å². The van der Waals surface area contributed by atoms with Crippen LogP contribution in [-0.4, -0.2) is 49.3 Å². The topological polar surface area (TPSA) is 69.1 Å². The molecule has 0 saturated carbocycles. The van der Waals surface area contributed by atoms with Crippen molar-refractivity contribution in [2.45, 2.75) is 32.4 Å². The summed E-state index contributed by atoms with van der Waals surface area (Å²) in [5.41, 5.74) is 2.32. The minimum Gasteiger partial charge on any atom is -0.508 e. The van der Waals surface area contributed by atoms with Crippen molar-refractivity contribution in [3.05, 3.63) is 59.7 Å². The van der Waals surface area contributed by atoms with E-state index in [1.807, 2.05) is 18.2 Å². The van der Waals surface area contributed by atoms with Crippen LogP contribution in [0, 0.1) is 0 Å². The maximum absolute atomic E-state index is 9.44. The van der Waals surface area contributed by atoms with Crippen LogP contribution in [0.4, 0.5) is 0 Å². The Bertz CT molecular complexity index is 786. The van der Waals surface area contributed by atoms with Crippen molar-refractivity contribution in [1.82, 2.24) is 15.5 Å². The minimum atomic E-state index is 0.269. The number of guanidine groups is 1. The molecule has 0 aliphatic carbocycles. The van der Waals surface area contributed by atoms with E-state index in [0.717, 1.165) is 43.5 Å². The Morgan fingerprint density at radius 3 is 2.59 bits per heavy atom. The number of phenols is 1. The van der Waals surface area contributed by atoms with E-state index in [2.05, 4.69) is 40.7 Å². The van der Waals surface area contributed by atoms with E-state index >= 15 is 0 Å². The number of aromatic hydroxyl groups is 1. The fraction of sp³-hybridized carbons (Fsp3) is 0.435. The zero-order valence-corrected chi connectivity index (χ0v) is 17.4. The minimum absolute atomic E-state index is 0.269. The van der Waals surface area contributed by atoms with Gasteiger partial charge in [-0.25, -0.2) is 4.99 Å². The lowest BCUT2D eigenvalue weighted by molar-refractivity contribution is 0.245. The number of benzene rings is 2. The molecule has 0 amide bonds. The third-order valence-corrected chi connectivity index (χ3v) is 5.22. The van der Waals surface area contributed by atoms with Crippen LogP contribution in [0.25, 0.3) is 0 Å². The van der Waals surface area contributed by atoms with E-state index < -0.39 is 0 Å². The highest BCUT2D eigenvalue weighted by molar-refractivity contribution is 5.79. The van der Waals surface area contributed by atoms with Crippen molar-refractivity contribution >= 4 is 5.96 Å². The van der Waals surface area contributed by atoms with Crippen LogP contribution in [0.5, 0.6) is 11.5 Å². The van der Waals surface area contributed by atoms with Gasteiger partial charge in [0, 0.05) is 13.1 Å². The zero-order chi connectivity index (χ0) is 20.5. The molecule has 6 nitrogen and oxygen atoms in total. The number of ether oxygens (including phenoxy) is 1. The first-order valence-electron chi connectivity index (χ1n) is 10.4. The molecule has 1 unspecified atom stereocenters. The Hall–Kier alpha value is -2.73. The van der Waals surface area contributed by atoms with Crippen molar-refractivity contribution in [3.8, 4) is 11.5 Å². The smallest absolute Gasteiger partial charge is 0.191 e. The Balaban J connectivity index is 1.70. The Morgan fingerprint density at radius 2 is 1.90 bits per heavy atom. The number of hydrogen-bond donors (Lipinski definition) is 3. The molecule has 3 rings (SSSR count). The highest BCUT2D eigenvalue weighted by Gasteiger charge is 2.24. The Kier molecular flexibility index (Phi) is 7.76. The molecule has 2 aromatic rings. The summed E-state index contributed by atoms with van der Waals surface area (Å²) >= 11 is 0. The molecule has 1 saturated heterocycles. The van der Waals surface area contributed by atoms with E-state index in [9.17, 15) is 5.11 Å². The largest absolute Gasteiger partial charge is 0.508 e. The number of methoxy groups -OCH3 is 1. The quantitative estimate of drug-likeness (QED) is 0.472. The molecule has 1 aliphatic rings. The first kappa shape index (κ1) is 21.0. The molecule has 1 fully saturated rings. The van der Waals surface area contributed by atoms with Gasteiger partial charge in [0.2, 0.25) is 0 Å². The number of aliphatic imine (C=N–C) groups is 1. The molecular weight excluding hydrogens is 364 g/mol. The second-order valence-electron chi connectivity index (χ2n) is 7.28. The van der Waals surface area contributed by atoms with Crippen molar-refractivity contribution in [3.63, 3.8) is 0 Å². The normalized spacial score (nSPS) is 15.9. The zero-order valence-electron chi connectivity index (χ0n) is 17.4. The van der Waals surface area contributed by atoms with Crippen LogP contribution in [0.15, 0.2) is 53.5 Å². The highest BCUT2D eigenvalue weighted by Crippen LogP contribution is 2.27. The molecule has 2 aromatic carbocycles. The summed E-state index contributed by atoms with van der Waals surface area (Å²) in [5, 5.41) is 16.3. The van der Waals surface area contributed by atoms with Crippen molar-refractivity contribution in [1.29, 1.82) is 0 Å². The lowest BCUT2D eigenvalue weighted by Gasteiger charge is -2.29. The van der Waals surface area contributed by atoms with Gasteiger partial charge in [-0.2, -0.15) is 0 Å². The molecule has 1 atom stereocenters. The summed E-state index contributed by atoms with van der Waals surface area (Å²) in [4.78, 5) is 7.24. The molecular formula is C23H32N4O2. The van der Waals surface area contributed by atoms with Gasteiger partial charge in [-0.05, 0) is 68.2 Å². The van der Waals surface area contributed by atoms with Crippen molar-refractivity contribution < 1.29 is 9.84 Å². The second kappa shape index (κ2) is 10.7. The lowest BCUT2D eigenvalue weighted by Crippen LogP contribution is -2.42. The fourth-order valence-corrected chi connectivity index (χ4v) is 3.67. The van der Waals surface area contributed by atoms with Crippen LogP contribution in [0.3, 0.4) is 0 Å². The summed E-state index contributed by atoms with van der Waals surface area (Å²) in [6.07, 6.45) is 2.49. The second-order valence-corrected chi connectivity index (χ2v) is 7.28. The van der Waals surface area contributed by atoms with Gasteiger partial charge in [-0.1, -0.05) is 24.3 Å². The SMILES string of the molecule is CCNC(=NCc1ccc(O)cc1)NCC(c1cccc(OC)c1)N1CCCC1. The van der Waals surface area contributed by atoms with Gasteiger partial charge in [-0.3, -0.25) is 4.90 Å². The molecule has 6 heteroatoms. The molecule has 0 radical (unpaired) electrons. The molecule has 1 aliphatic heterocycles. The fourth-order valence-electron chi connectivity index (χ4n) is 3.67. The van der Waals surface area contributed by atoms with Gasteiger partial charge < -0.3 is 20.5 Å². The number of likely N-dealkylation sites (tertiary alicyclic amines) is 1. The predicted molar refractivity (Wildman–Crippen MR) is 117 cm³/mol. The number of nitrogens with zero attached hydrogens (tertiary/aromatic N) is 2. The van der Waals surface area contributed by atoms with Crippen molar-refractivity contribution in [2.75, 3.05) is 33.3 Å². The van der Waals surface area contributed by atoms with Gasteiger partial charge in [-0.15, -0.1) is 0 Å². The van der Waals surface area contributed by atoms with Crippen LogP contribution in [0.2, 0.25) is 0 Å². The van der Waals surface area contributed by atoms with Crippen LogP contribution >= 0.6 is 0 Å². The number of nitrogens with one attached hydrogen (secondary N) is 2. The van der Waals surface area contributed by atoms with Crippen LogP contribution in [-0.2, 0) is 6.54 Å². The Labute approximate surface area is 173 Å². The van der Waals surface area contributed by atoms with Crippen LogP contribution in [0.1, 0.15) is 36.9 Å². The van der Waals surface area contributed by atoms with Gasteiger partial charge in [0.25, 0.3) is 0 Å². The monoisotopic (exact) mass is 396 g/mol. The summed E-state index contributed by atoms with van der Waals surface area (Å²) in [6, 6.07) is 15.8. The summed E-state index contributed by atoms with van der Waals surface area (Å²) < 4.78 is 5.43. The number of hydrogen-bond acceptors (Lipinski definition) is 4. The molecule has 0 spiro atoms. The van der Waals surface area contributed by atoms with E-state index in [4.69, 9.17) is 9.73 Å². The molecule has 29 heavy (non-hydrogen) atoms. The summed E-state index contributed by atoms with van der Waals surface area (Å²) in [6.45, 7) is 6.43. The highest BCUT2D eigenvalue weighted by atomic mass is 16.5. The van der Waals surface area contributed by atoms with Gasteiger partial charge in [0.1, 0.15) is 11.5 Å². The molecule has 1 heterocycles. The van der Waals surface area contributed by atoms with E-state index in [1.165, 1.54) is 18.4 Å². The number of rotatable bonds is 8. The number of phenolic OH excluding ortho intramolecular Hbond substituents is 1. The predicted octanol–water partition coefficient (Wildman–Crippen LogP) is 3.29. The maximum Gasteiger partial charge on any atom is 0.191 e. The third-order valence-electron chi connectivity index (χ3n) is 5.22. The molecule has 3 N–H and O–H groups in total. The van der Waals surface area contributed by atoms with Gasteiger partial charge >= 0.3 is 0 Å². The van der Waals surface area contributed by atoms with E-state index in [-0.39, 0.29) is 11.8 Å². The van der Waals surface area contributed by atoms with E-state index in [1.54, 1.807) is 19.2 Å². The molecule has 156 valence electrons. The van der Waals surface area contributed by atoms with Gasteiger partial charge in [0.15, 0.2) is 5.96 Å². The first-order valence-corrected chi connectivity index (χ1v) is 10.4. The standard InChI is InChI=1S/C23H32N4O2/c1-3-24-23(25-16-18-9-11-20(28)12-10-18)26-17-22(27-13-4-5-14-27)19-7-6-8-21(15-19)29-2/h6-12,15,22,28H,3-5,13-14,16-17H2,1-2H3,(H2,24,25,26). The average molecular weight is 397 g/mol. The third kappa shape index (κ3) is 6.12. The molecule has 0 aromatic heterocycles. The van der Waals surface area contributed by atoms with Crippen LogP contribution < -0.4 is 15.4 Å². The van der Waals surface area contributed by atoms with E-state index in [0.29, 0.717) is 6.54 Å².